The Hall–Kier alpha value is -1.29. The van der Waals surface area contributed by atoms with Crippen molar-refractivity contribution in [1.29, 1.82) is 0 Å². The molecule has 0 aliphatic rings. The van der Waals surface area contributed by atoms with Crippen LogP contribution in [0.2, 0.25) is 0 Å². The van der Waals surface area contributed by atoms with Gasteiger partial charge in [0.05, 0.1) is 0 Å². The van der Waals surface area contributed by atoms with Crippen molar-refractivity contribution in [3.8, 4) is 0 Å². The number of hydrogen-bond donors (Lipinski definition) is 1. The molecule has 0 saturated heterocycles. The molecule has 1 N–H and O–H groups in total. The summed E-state index contributed by atoms with van der Waals surface area (Å²) >= 11 is 1.58. The summed E-state index contributed by atoms with van der Waals surface area (Å²) in [7, 11) is 0. The third-order valence-electron chi connectivity index (χ3n) is 1.26. The molecule has 56 valence electrons. The summed E-state index contributed by atoms with van der Waals surface area (Å²) in [6.45, 7) is 0. The maximum atomic E-state index is 4.08. The molecule has 0 unspecified atom stereocenters. The summed E-state index contributed by atoms with van der Waals surface area (Å²) in [6.07, 6.45) is 5.64. The minimum atomic E-state index is 0.904. The Kier molecular flexibility index (Phi) is 1.61. The van der Waals surface area contributed by atoms with Crippen molar-refractivity contribution in [3.63, 3.8) is 0 Å². The van der Waals surface area contributed by atoms with Crippen molar-refractivity contribution in [1.82, 2.24) is 9.66 Å². The molecule has 11 heavy (non-hydrogen) atoms. The predicted molar refractivity (Wildman–Crippen MR) is 45.6 cm³/mol. The summed E-state index contributed by atoms with van der Waals surface area (Å²) < 4.78 is 1.86. The van der Waals surface area contributed by atoms with Crippen molar-refractivity contribution in [3.05, 3.63) is 36.1 Å². The monoisotopic (exact) mass is 165 g/mol. The van der Waals surface area contributed by atoms with Gasteiger partial charge in [-0.15, -0.1) is 11.3 Å². The Balaban J connectivity index is 2.14. The highest BCUT2D eigenvalue weighted by Gasteiger charge is 1.91. The number of rotatable bonds is 2. The summed E-state index contributed by atoms with van der Waals surface area (Å²) in [5, 5.41) is 2.84. The molecule has 0 atom stereocenters. The summed E-state index contributed by atoms with van der Waals surface area (Å²) in [6, 6.07) is 3.92. The van der Waals surface area contributed by atoms with Gasteiger partial charge in [0.1, 0.15) is 0 Å². The van der Waals surface area contributed by atoms with Gasteiger partial charge in [0, 0.05) is 24.0 Å². The van der Waals surface area contributed by atoms with Crippen molar-refractivity contribution in [2.45, 2.75) is 0 Å². The molecule has 0 radical (unpaired) electrons. The number of anilines is 1. The fourth-order valence-electron chi connectivity index (χ4n) is 0.798. The van der Waals surface area contributed by atoms with Gasteiger partial charge in [-0.25, -0.2) is 4.98 Å². The van der Waals surface area contributed by atoms with E-state index < -0.39 is 0 Å². The Morgan fingerprint density at radius 2 is 2.18 bits per heavy atom. The van der Waals surface area contributed by atoms with Crippen LogP contribution in [0.1, 0.15) is 0 Å². The van der Waals surface area contributed by atoms with E-state index in [0.29, 0.717) is 0 Å². The molecule has 2 heterocycles. The lowest BCUT2D eigenvalue weighted by molar-refractivity contribution is 0.965. The second-order valence-electron chi connectivity index (χ2n) is 2.04. The largest absolute Gasteiger partial charge is 0.269 e. The molecule has 0 aliphatic carbocycles. The van der Waals surface area contributed by atoms with Crippen LogP contribution in [-0.4, -0.2) is 9.66 Å². The lowest BCUT2D eigenvalue weighted by atomic mass is 10.7. The molecular formula is C7H7N3S. The molecule has 2 aromatic heterocycles. The van der Waals surface area contributed by atoms with Gasteiger partial charge in [0.25, 0.3) is 0 Å². The van der Waals surface area contributed by atoms with Crippen molar-refractivity contribution >= 4 is 16.5 Å². The normalized spacial score (nSPS) is 9.82. The summed E-state index contributed by atoms with van der Waals surface area (Å²) in [4.78, 5) is 4.08. The van der Waals surface area contributed by atoms with Crippen LogP contribution in [-0.2, 0) is 0 Å². The number of nitrogens with one attached hydrogen (secondary N) is 1. The lowest BCUT2D eigenvalue weighted by Crippen LogP contribution is -2.04. The van der Waals surface area contributed by atoms with E-state index in [1.807, 2.05) is 34.6 Å². The first-order chi connectivity index (χ1) is 5.45. The molecule has 0 bridgehead atoms. The highest BCUT2D eigenvalue weighted by molar-refractivity contribution is 7.13. The lowest BCUT2D eigenvalue weighted by Gasteiger charge is -2.00. The highest BCUT2D eigenvalue weighted by atomic mass is 32.1. The molecule has 0 amide bonds. The van der Waals surface area contributed by atoms with Crippen molar-refractivity contribution < 1.29 is 0 Å². The fraction of sp³-hybridized carbons (Fsp3) is 0. The van der Waals surface area contributed by atoms with Crippen LogP contribution < -0.4 is 5.43 Å². The Morgan fingerprint density at radius 1 is 1.36 bits per heavy atom. The van der Waals surface area contributed by atoms with Crippen LogP contribution in [0.3, 0.4) is 0 Å². The van der Waals surface area contributed by atoms with E-state index in [2.05, 4.69) is 10.4 Å². The van der Waals surface area contributed by atoms with Crippen LogP contribution >= 0.6 is 11.3 Å². The van der Waals surface area contributed by atoms with Gasteiger partial charge >= 0.3 is 0 Å². The quantitative estimate of drug-likeness (QED) is 0.735. The first kappa shape index (κ1) is 6.42. The van der Waals surface area contributed by atoms with E-state index in [9.17, 15) is 0 Å². The highest BCUT2D eigenvalue weighted by Crippen LogP contribution is 2.10. The average Bonchev–Trinajstić information content (AvgIpc) is 2.60. The average molecular weight is 165 g/mol. The van der Waals surface area contributed by atoms with Gasteiger partial charge in [0.2, 0.25) is 5.13 Å². The van der Waals surface area contributed by atoms with E-state index in [4.69, 9.17) is 0 Å². The van der Waals surface area contributed by atoms with Crippen molar-refractivity contribution in [2.75, 3.05) is 5.43 Å². The second kappa shape index (κ2) is 2.75. The molecule has 0 saturated carbocycles. The second-order valence-corrected chi connectivity index (χ2v) is 2.93. The summed E-state index contributed by atoms with van der Waals surface area (Å²) in [5.74, 6) is 0. The van der Waals surface area contributed by atoms with E-state index in [0.717, 1.165) is 5.13 Å². The van der Waals surface area contributed by atoms with E-state index in [1.165, 1.54) is 0 Å². The predicted octanol–water partition coefficient (Wildman–Crippen LogP) is 1.82. The zero-order valence-corrected chi connectivity index (χ0v) is 6.58. The molecule has 0 aromatic carbocycles. The number of aromatic nitrogens is 2. The number of nitrogens with zero attached hydrogens (tertiary/aromatic N) is 2. The van der Waals surface area contributed by atoms with Crippen molar-refractivity contribution in [2.24, 2.45) is 0 Å². The first-order valence-electron chi connectivity index (χ1n) is 3.24. The van der Waals surface area contributed by atoms with Gasteiger partial charge in [-0.2, -0.15) is 0 Å². The van der Waals surface area contributed by atoms with E-state index in [-0.39, 0.29) is 0 Å². The standard InChI is InChI=1S/C7H7N3S/c1-2-5-10(4-1)9-7-8-3-6-11-7/h1-6H,(H,8,9). The van der Waals surface area contributed by atoms with Crippen LogP contribution in [0, 0.1) is 0 Å². The van der Waals surface area contributed by atoms with Gasteiger partial charge in [-0.05, 0) is 12.1 Å². The van der Waals surface area contributed by atoms with Gasteiger partial charge < -0.3 is 0 Å². The summed E-state index contributed by atoms with van der Waals surface area (Å²) in [5.41, 5.74) is 3.09. The molecular weight excluding hydrogens is 158 g/mol. The zero-order chi connectivity index (χ0) is 7.52. The van der Waals surface area contributed by atoms with Gasteiger partial charge in [0.15, 0.2) is 0 Å². The Morgan fingerprint density at radius 3 is 2.82 bits per heavy atom. The van der Waals surface area contributed by atoms with Crippen LogP contribution in [0.4, 0.5) is 5.13 Å². The minimum Gasteiger partial charge on any atom is -0.269 e. The Labute approximate surface area is 68.3 Å². The molecule has 2 rings (SSSR count). The smallest absolute Gasteiger partial charge is 0.201 e. The molecule has 3 nitrogen and oxygen atoms in total. The maximum absolute atomic E-state index is 4.08. The maximum Gasteiger partial charge on any atom is 0.201 e. The fourth-order valence-corrected chi connectivity index (χ4v) is 1.33. The topological polar surface area (TPSA) is 29.9 Å². The number of hydrogen-bond acceptors (Lipinski definition) is 3. The molecule has 2 aromatic rings. The molecule has 0 aliphatic heterocycles. The molecule has 0 fully saturated rings. The van der Waals surface area contributed by atoms with Gasteiger partial charge in [-0.3, -0.25) is 10.1 Å². The number of thiazole rings is 1. The Bertz CT molecular complexity index is 266. The van der Waals surface area contributed by atoms with Crippen LogP contribution in [0.5, 0.6) is 0 Å². The minimum absolute atomic E-state index is 0.904. The molecule has 4 heteroatoms. The SMILES string of the molecule is c1ccn(Nc2nccs2)c1. The van der Waals surface area contributed by atoms with Crippen LogP contribution in [0.25, 0.3) is 0 Å². The molecule has 0 spiro atoms. The zero-order valence-electron chi connectivity index (χ0n) is 5.77. The third-order valence-corrected chi connectivity index (χ3v) is 1.94. The van der Waals surface area contributed by atoms with E-state index in [1.54, 1.807) is 17.5 Å². The van der Waals surface area contributed by atoms with Gasteiger partial charge in [-0.1, -0.05) is 0 Å². The first-order valence-corrected chi connectivity index (χ1v) is 4.12. The third kappa shape index (κ3) is 1.40. The van der Waals surface area contributed by atoms with E-state index >= 15 is 0 Å². The van der Waals surface area contributed by atoms with Crippen LogP contribution in [0.15, 0.2) is 36.1 Å².